The molecule has 0 atom stereocenters. The van der Waals surface area contributed by atoms with Crippen LogP contribution in [0.2, 0.25) is 0 Å². The van der Waals surface area contributed by atoms with Gasteiger partial charge in [0.15, 0.2) is 5.65 Å². The molecular weight excluding hydrogens is 235 g/mol. The number of hydrogen-bond donors (Lipinski definition) is 0. The second kappa shape index (κ2) is 4.50. The van der Waals surface area contributed by atoms with Crippen LogP contribution < -0.4 is 56.8 Å². The van der Waals surface area contributed by atoms with Crippen LogP contribution in [0.1, 0.15) is 0 Å². The van der Waals surface area contributed by atoms with E-state index in [0.717, 1.165) is 12.3 Å². The standard InChI is InChI=1S/C6H5BF3N4.K/c1-14-6-5(12-13-14)2-4(3-11-6)7(8,9)10;/h2-3H,1H3;/q-1;+1. The summed E-state index contributed by atoms with van der Waals surface area (Å²) in [5.41, 5.74) is -0.254. The Morgan fingerprint density at radius 2 is 2.00 bits per heavy atom. The van der Waals surface area contributed by atoms with Crippen LogP contribution in [0.15, 0.2) is 12.3 Å². The van der Waals surface area contributed by atoms with Gasteiger partial charge in [0, 0.05) is 13.2 Å². The first-order chi connectivity index (χ1) is 6.48. The van der Waals surface area contributed by atoms with Gasteiger partial charge in [0.1, 0.15) is 5.52 Å². The van der Waals surface area contributed by atoms with E-state index in [1.54, 1.807) is 7.05 Å². The molecule has 0 aliphatic rings. The van der Waals surface area contributed by atoms with E-state index in [0.29, 0.717) is 5.65 Å². The monoisotopic (exact) mass is 240 g/mol. The molecule has 0 radical (unpaired) electrons. The molecule has 4 nitrogen and oxygen atoms in total. The summed E-state index contributed by atoms with van der Waals surface area (Å²) in [6.45, 7) is -5.02. The fourth-order valence-corrected chi connectivity index (χ4v) is 1.12. The van der Waals surface area contributed by atoms with Crippen LogP contribution in [0.3, 0.4) is 0 Å². The molecule has 2 heterocycles. The predicted molar refractivity (Wildman–Crippen MR) is 45.0 cm³/mol. The van der Waals surface area contributed by atoms with E-state index in [1.807, 2.05) is 0 Å². The number of nitrogens with zero attached hydrogens (tertiary/aromatic N) is 4. The molecule has 0 aliphatic carbocycles. The van der Waals surface area contributed by atoms with Crippen molar-refractivity contribution in [3.8, 4) is 0 Å². The van der Waals surface area contributed by atoms with Gasteiger partial charge in [0.2, 0.25) is 0 Å². The van der Waals surface area contributed by atoms with Gasteiger partial charge in [-0.15, -0.1) is 5.10 Å². The van der Waals surface area contributed by atoms with E-state index in [2.05, 4.69) is 15.3 Å². The Morgan fingerprint density at radius 3 is 2.60 bits per heavy atom. The van der Waals surface area contributed by atoms with Gasteiger partial charge in [-0.05, 0) is 0 Å². The zero-order valence-electron chi connectivity index (χ0n) is 8.15. The number of halogens is 3. The van der Waals surface area contributed by atoms with Gasteiger partial charge in [-0.3, -0.25) is 0 Å². The SMILES string of the molecule is Cn1nnc2cc([B-](F)(F)F)cnc21.[K+]. The summed E-state index contributed by atoms with van der Waals surface area (Å²) in [5, 5.41) is 7.12. The molecule has 0 spiro atoms. The second-order valence-corrected chi connectivity index (χ2v) is 2.90. The maximum Gasteiger partial charge on any atom is 1.00 e. The summed E-state index contributed by atoms with van der Waals surface area (Å²) in [6, 6.07) is 0.954. The minimum absolute atomic E-state index is 0. The average Bonchev–Trinajstić information content (AvgIpc) is 2.46. The summed E-state index contributed by atoms with van der Waals surface area (Å²) in [7, 11) is 1.57. The summed E-state index contributed by atoms with van der Waals surface area (Å²) in [6.07, 6.45) is 0.797. The van der Waals surface area contributed by atoms with Crippen molar-refractivity contribution >= 4 is 23.6 Å². The summed E-state index contributed by atoms with van der Waals surface area (Å²) < 4.78 is 38.2. The Balaban J connectivity index is 0.00000112. The molecule has 15 heavy (non-hydrogen) atoms. The molecule has 0 amide bonds. The summed E-state index contributed by atoms with van der Waals surface area (Å²) in [5.74, 6) is 0. The van der Waals surface area contributed by atoms with Gasteiger partial charge in [-0.2, -0.15) is 0 Å². The van der Waals surface area contributed by atoms with Gasteiger partial charge >= 0.3 is 58.4 Å². The van der Waals surface area contributed by atoms with E-state index in [-0.39, 0.29) is 56.9 Å². The number of aryl methyl sites for hydroxylation is 1. The van der Waals surface area contributed by atoms with Gasteiger partial charge in [0.05, 0.1) is 0 Å². The number of aromatic nitrogens is 4. The molecule has 9 heteroatoms. The van der Waals surface area contributed by atoms with Gasteiger partial charge < -0.3 is 12.9 Å². The van der Waals surface area contributed by atoms with Crippen LogP contribution in [0, 0.1) is 0 Å². The van der Waals surface area contributed by atoms with Crippen LogP contribution in [-0.4, -0.2) is 27.0 Å². The fraction of sp³-hybridized carbons (Fsp3) is 0.167. The zero-order valence-corrected chi connectivity index (χ0v) is 11.3. The van der Waals surface area contributed by atoms with Crippen LogP contribution in [0.4, 0.5) is 12.9 Å². The van der Waals surface area contributed by atoms with Crippen molar-refractivity contribution in [2.75, 3.05) is 0 Å². The number of hydrogen-bond acceptors (Lipinski definition) is 3. The second-order valence-electron chi connectivity index (χ2n) is 2.90. The van der Waals surface area contributed by atoms with E-state index in [1.165, 1.54) is 4.68 Å². The van der Waals surface area contributed by atoms with Crippen molar-refractivity contribution in [2.45, 2.75) is 0 Å². The van der Waals surface area contributed by atoms with Crippen molar-refractivity contribution in [3.63, 3.8) is 0 Å². The molecule has 0 saturated heterocycles. The molecule has 74 valence electrons. The number of rotatable bonds is 1. The minimum Gasteiger partial charge on any atom is -0.445 e. The van der Waals surface area contributed by atoms with Crippen molar-refractivity contribution in [2.24, 2.45) is 7.05 Å². The molecule has 0 saturated carbocycles. The van der Waals surface area contributed by atoms with Gasteiger partial charge in [0.25, 0.3) is 0 Å². The minimum atomic E-state index is -5.02. The Kier molecular flexibility index (Phi) is 3.93. The molecule has 2 rings (SSSR count). The third-order valence-corrected chi connectivity index (χ3v) is 1.84. The Morgan fingerprint density at radius 1 is 1.33 bits per heavy atom. The first kappa shape index (κ1) is 13.1. The van der Waals surface area contributed by atoms with E-state index >= 15 is 0 Å². The fourth-order valence-electron chi connectivity index (χ4n) is 1.12. The average molecular weight is 240 g/mol. The third-order valence-electron chi connectivity index (χ3n) is 1.84. The quantitative estimate of drug-likeness (QED) is 0.514. The van der Waals surface area contributed by atoms with Gasteiger partial charge in [-0.1, -0.05) is 16.7 Å². The van der Waals surface area contributed by atoms with Crippen LogP contribution in [0.5, 0.6) is 0 Å². The van der Waals surface area contributed by atoms with E-state index in [9.17, 15) is 12.9 Å². The third kappa shape index (κ3) is 2.59. The molecular formula is C6H5BF3KN4. The molecule has 0 aliphatic heterocycles. The topological polar surface area (TPSA) is 43.6 Å². The molecule has 2 aromatic rings. The van der Waals surface area contributed by atoms with E-state index < -0.39 is 12.4 Å². The molecule has 0 unspecified atom stereocenters. The van der Waals surface area contributed by atoms with Crippen LogP contribution >= 0.6 is 0 Å². The zero-order chi connectivity index (χ0) is 10.3. The predicted octanol–water partition coefficient (Wildman–Crippen LogP) is -2.58. The maximum atomic E-state index is 12.3. The van der Waals surface area contributed by atoms with Crippen molar-refractivity contribution in [1.82, 2.24) is 20.0 Å². The molecule has 0 bridgehead atoms. The van der Waals surface area contributed by atoms with Gasteiger partial charge in [-0.25, -0.2) is 9.67 Å². The molecule has 2 aromatic heterocycles. The molecule has 0 aromatic carbocycles. The van der Waals surface area contributed by atoms with E-state index in [4.69, 9.17) is 0 Å². The molecule has 0 N–H and O–H groups in total. The first-order valence-corrected chi connectivity index (χ1v) is 3.84. The molecule has 0 fully saturated rings. The largest absolute Gasteiger partial charge is 1.00 e. The first-order valence-electron chi connectivity index (χ1n) is 3.84. The summed E-state index contributed by atoms with van der Waals surface area (Å²) >= 11 is 0. The van der Waals surface area contributed by atoms with Crippen molar-refractivity contribution in [1.29, 1.82) is 0 Å². The van der Waals surface area contributed by atoms with Crippen LogP contribution in [-0.2, 0) is 7.05 Å². The smallest absolute Gasteiger partial charge is 0.445 e. The summed E-state index contributed by atoms with van der Waals surface area (Å²) in [4.78, 5) is 3.64. The maximum absolute atomic E-state index is 12.3. The Hall–Kier alpha value is 0.0413. The van der Waals surface area contributed by atoms with Crippen molar-refractivity contribution < 1.29 is 64.3 Å². The number of fused-ring (bicyclic) bond motifs is 1. The Bertz CT molecular complexity index is 483. The van der Waals surface area contributed by atoms with Crippen molar-refractivity contribution in [3.05, 3.63) is 12.3 Å². The normalized spacial score (nSPS) is 11.5. The Labute approximate surface area is 126 Å². The number of pyridine rings is 1. The van der Waals surface area contributed by atoms with Crippen LogP contribution in [0.25, 0.3) is 11.2 Å².